The lowest BCUT2D eigenvalue weighted by Crippen LogP contribution is -2.50. The Morgan fingerprint density at radius 1 is 1.28 bits per heavy atom. The fourth-order valence-electron chi connectivity index (χ4n) is 2.74. The number of unbranched alkanes of at least 4 members (excludes halogenated alkanes) is 1. The number of hydrogen-bond acceptors (Lipinski definition) is 1. The summed E-state index contributed by atoms with van der Waals surface area (Å²) in [6.07, 6.45) is 8.84. The van der Waals surface area contributed by atoms with E-state index >= 15 is 0 Å². The third-order valence-electron chi connectivity index (χ3n) is 3.57. The van der Waals surface area contributed by atoms with Gasteiger partial charge in [0, 0.05) is 11.6 Å². The highest BCUT2D eigenvalue weighted by atomic mass is 16.2. The number of urea groups is 1. The maximum Gasteiger partial charge on any atom is 0.315 e. The van der Waals surface area contributed by atoms with Gasteiger partial charge in [-0.15, -0.1) is 0 Å². The van der Waals surface area contributed by atoms with Gasteiger partial charge in [-0.2, -0.15) is 0 Å². The summed E-state index contributed by atoms with van der Waals surface area (Å²) in [5.74, 6) is 0.818. The Labute approximate surface area is 112 Å². The highest BCUT2D eigenvalue weighted by molar-refractivity contribution is 5.74. The van der Waals surface area contributed by atoms with Crippen LogP contribution >= 0.6 is 0 Å². The second-order valence-electron chi connectivity index (χ2n) is 6.72. The molecule has 1 rings (SSSR count). The molecule has 3 heteroatoms. The van der Waals surface area contributed by atoms with Gasteiger partial charge in [0.1, 0.15) is 0 Å². The van der Waals surface area contributed by atoms with E-state index in [9.17, 15) is 4.79 Å². The van der Waals surface area contributed by atoms with Crippen LogP contribution in [0.4, 0.5) is 4.79 Å². The lowest BCUT2D eigenvalue weighted by molar-refractivity contribution is 0.215. The van der Waals surface area contributed by atoms with E-state index in [0.717, 1.165) is 18.8 Å². The van der Waals surface area contributed by atoms with E-state index in [1.165, 1.54) is 32.1 Å². The van der Waals surface area contributed by atoms with Crippen molar-refractivity contribution in [3.8, 4) is 0 Å². The Balaban J connectivity index is 2.31. The van der Waals surface area contributed by atoms with Gasteiger partial charge in [0.05, 0.1) is 0 Å². The van der Waals surface area contributed by atoms with Gasteiger partial charge in [0.2, 0.25) is 0 Å². The van der Waals surface area contributed by atoms with Gasteiger partial charge in [-0.05, 0) is 39.5 Å². The van der Waals surface area contributed by atoms with E-state index in [-0.39, 0.29) is 11.6 Å². The van der Waals surface area contributed by atoms with E-state index in [0.29, 0.717) is 6.04 Å². The Morgan fingerprint density at radius 3 is 2.61 bits per heavy atom. The molecule has 2 amide bonds. The van der Waals surface area contributed by atoms with Crippen LogP contribution in [0.1, 0.15) is 72.6 Å². The van der Waals surface area contributed by atoms with E-state index < -0.39 is 0 Å². The molecule has 2 N–H and O–H groups in total. The van der Waals surface area contributed by atoms with Crippen molar-refractivity contribution in [3.63, 3.8) is 0 Å². The number of nitrogens with one attached hydrogen (secondary N) is 2. The quantitative estimate of drug-likeness (QED) is 0.786. The highest BCUT2D eigenvalue weighted by Gasteiger charge is 2.23. The molecule has 18 heavy (non-hydrogen) atoms. The lowest BCUT2D eigenvalue weighted by atomic mass is 9.83. The first-order chi connectivity index (χ1) is 8.40. The van der Waals surface area contributed by atoms with E-state index in [2.05, 4.69) is 17.6 Å². The smallest absolute Gasteiger partial charge is 0.315 e. The molecule has 0 aliphatic heterocycles. The van der Waals surface area contributed by atoms with Gasteiger partial charge >= 0.3 is 6.03 Å². The van der Waals surface area contributed by atoms with Gasteiger partial charge < -0.3 is 10.6 Å². The van der Waals surface area contributed by atoms with Crippen molar-refractivity contribution in [2.75, 3.05) is 0 Å². The molecule has 0 spiro atoms. The molecule has 1 aliphatic carbocycles. The van der Waals surface area contributed by atoms with Crippen LogP contribution in [0.25, 0.3) is 0 Å². The second-order valence-corrected chi connectivity index (χ2v) is 6.72. The molecule has 0 heterocycles. The topological polar surface area (TPSA) is 41.1 Å². The van der Waals surface area contributed by atoms with Gasteiger partial charge in [0.25, 0.3) is 0 Å². The Morgan fingerprint density at radius 2 is 2.00 bits per heavy atom. The average Bonchev–Trinajstić information content (AvgIpc) is 2.24. The summed E-state index contributed by atoms with van der Waals surface area (Å²) >= 11 is 0. The summed E-state index contributed by atoms with van der Waals surface area (Å²) in [5.41, 5.74) is -0.152. The third kappa shape index (κ3) is 6.27. The van der Waals surface area contributed by atoms with E-state index in [1.807, 2.05) is 20.8 Å². The average molecular weight is 254 g/mol. The van der Waals surface area contributed by atoms with Gasteiger partial charge in [-0.3, -0.25) is 0 Å². The van der Waals surface area contributed by atoms with Crippen molar-refractivity contribution >= 4 is 6.03 Å². The first-order valence-corrected chi connectivity index (χ1v) is 7.49. The van der Waals surface area contributed by atoms with Crippen molar-refractivity contribution in [3.05, 3.63) is 0 Å². The monoisotopic (exact) mass is 254 g/mol. The molecule has 2 atom stereocenters. The van der Waals surface area contributed by atoms with Gasteiger partial charge in [-0.1, -0.05) is 39.0 Å². The molecule has 2 unspecified atom stereocenters. The van der Waals surface area contributed by atoms with Crippen LogP contribution in [0.2, 0.25) is 0 Å². The van der Waals surface area contributed by atoms with Crippen molar-refractivity contribution in [2.24, 2.45) is 5.92 Å². The molecule has 1 fully saturated rings. The molecule has 0 aromatic carbocycles. The molecule has 106 valence electrons. The zero-order chi connectivity index (χ0) is 13.6. The summed E-state index contributed by atoms with van der Waals surface area (Å²) in [6, 6.07) is 0.367. The Bertz CT molecular complexity index is 258. The fraction of sp³-hybridized carbons (Fsp3) is 0.933. The molecule has 0 saturated heterocycles. The molecule has 0 radical (unpaired) electrons. The summed E-state index contributed by atoms with van der Waals surface area (Å²) in [7, 11) is 0. The maximum absolute atomic E-state index is 11.8. The molecule has 0 aromatic heterocycles. The molecule has 0 bridgehead atoms. The number of rotatable bonds is 4. The third-order valence-corrected chi connectivity index (χ3v) is 3.57. The Kier molecular flexibility index (Phi) is 5.97. The van der Waals surface area contributed by atoms with Crippen LogP contribution in [-0.4, -0.2) is 17.6 Å². The minimum atomic E-state index is -0.152. The van der Waals surface area contributed by atoms with Crippen LogP contribution in [-0.2, 0) is 0 Å². The predicted octanol–water partition coefficient (Wildman–Crippen LogP) is 3.83. The minimum Gasteiger partial charge on any atom is -0.335 e. The molecule has 3 nitrogen and oxygen atoms in total. The van der Waals surface area contributed by atoms with E-state index in [1.54, 1.807) is 0 Å². The first kappa shape index (κ1) is 15.3. The molecular weight excluding hydrogens is 224 g/mol. The van der Waals surface area contributed by atoms with Crippen LogP contribution in [0, 0.1) is 5.92 Å². The maximum atomic E-state index is 11.8. The van der Waals surface area contributed by atoms with Crippen molar-refractivity contribution in [1.82, 2.24) is 10.6 Å². The standard InChI is InChI=1S/C15H30N2O/c1-5-6-8-12-9-7-10-13(11-12)16-14(18)17-15(2,3)4/h12-13H,5-11H2,1-4H3,(H2,16,17,18). The SMILES string of the molecule is CCCCC1CCCC(NC(=O)NC(C)(C)C)C1. The van der Waals surface area contributed by atoms with E-state index in [4.69, 9.17) is 0 Å². The molecule has 1 saturated carbocycles. The number of hydrogen-bond donors (Lipinski definition) is 2. The number of carbonyl (C=O) groups is 1. The second kappa shape index (κ2) is 7.01. The first-order valence-electron chi connectivity index (χ1n) is 7.49. The van der Waals surface area contributed by atoms with Crippen LogP contribution in [0.5, 0.6) is 0 Å². The van der Waals surface area contributed by atoms with Crippen LogP contribution in [0.15, 0.2) is 0 Å². The molecule has 0 aromatic rings. The van der Waals surface area contributed by atoms with Crippen molar-refractivity contribution < 1.29 is 4.79 Å². The summed E-state index contributed by atoms with van der Waals surface area (Å²) in [5, 5.41) is 6.11. The van der Waals surface area contributed by atoms with Gasteiger partial charge in [0.15, 0.2) is 0 Å². The number of carbonyl (C=O) groups excluding carboxylic acids is 1. The normalized spacial score (nSPS) is 24.7. The zero-order valence-corrected chi connectivity index (χ0v) is 12.5. The largest absolute Gasteiger partial charge is 0.335 e. The predicted molar refractivity (Wildman–Crippen MR) is 76.7 cm³/mol. The summed E-state index contributed by atoms with van der Waals surface area (Å²) < 4.78 is 0. The highest BCUT2D eigenvalue weighted by Crippen LogP contribution is 2.28. The van der Waals surface area contributed by atoms with Crippen molar-refractivity contribution in [1.29, 1.82) is 0 Å². The zero-order valence-electron chi connectivity index (χ0n) is 12.5. The summed E-state index contributed by atoms with van der Waals surface area (Å²) in [4.78, 5) is 11.8. The molecule has 1 aliphatic rings. The van der Waals surface area contributed by atoms with Crippen LogP contribution < -0.4 is 10.6 Å². The van der Waals surface area contributed by atoms with Gasteiger partial charge in [-0.25, -0.2) is 4.79 Å². The fourth-order valence-corrected chi connectivity index (χ4v) is 2.74. The molecular formula is C15H30N2O. The summed E-state index contributed by atoms with van der Waals surface area (Å²) in [6.45, 7) is 8.28. The lowest BCUT2D eigenvalue weighted by Gasteiger charge is -2.31. The Hall–Kier alpha value is -0.730. The van der Waals surface area contributed by atoms with Crippen LogP contribution in [0.3, 0.4) is 0 Å². The number of amides is 2. The van der Waals surface area contributed by atoms with Crippen molar-refractivity contribution in [2.45, 2.75) is 84.2 Å². The minimum absolute atomic E-state index is 0.0105.